The average Bonchev–Trinajstić information content (AvgIpc) is 2.25. The zero-order chi connectivity index (χ0) is 13.2. The first kappa shape index (κ1) is 12.8. The molecule has 7 heteroatoms. The minimum Gasteiger partial charge on any atom is -0.497 e. The van der Waals surface area contributed by atoms with Crippen LogP contribution < -0.4 is 10.5 Å². The molecule has 0 bridgehead atoms. The maximum absolute atomic E-state index is 12.7. The minimum absolute atomic E-state index is 0.0386. The molecule has 0 atom stereocenters. The van der Waals surface area contributed by atoms with E-state index in [0.29, 0.717) is 0 Å². The summed E-state index contributed by atoms with van der Waals surface area (Å²) >= 11 is 0. The Morgan fingerprint density at radius 1 is 1.47 bits per heavy atom. The number of benzene rings is 1. The van der Waals surface area contributed by atoms with Gasteiger partial charge in [0.1, 0.15) is 5.75 Å². The van der Waals surface area contributed by atoms with E-state index in [1.54, 1.807) is 0 Å². The van der Waals surface area contributed by atoms with Crippen LogP contribution in [-0.4, -0.2) is 13.0 Å². The topological polar surface area (TPSA) is 76.1 Å². The van der Waals surface area contributed by atoms with E-state index in [4.69, 9.17) is 11.0 Å². The highest BCUT2D eigenvalue weighted by atomic mass is 19.4. The van der Waals surface area contributed by atoms with E-state index >= 15 is 0 Å². The molecule has 0 aliphatic rings. The number of hydrogen-bond acceptors (Lipinski definition) is 3. The quantitative estimate of drug-likeness (QED) is 0.859. The number of nitrogens with two attached hydrogens (primary N) is 1. The van der Waals surface area contributed by atoms with Gasteiger partial charge in [-0.1, -0.05) is 0 Å². The Balaban J connectivity index is 3.66. The van der Waals surface area contributed by atoms with E-state index in [-0.39, 0.29) is 5.75 Å². The van der Waals surface area contributed by atoms with Gasteiger partial charge in [-0.15, -0.1) is 0 Å². The molecule has 0 aromatic heterocycles. The standard InChI is InChI=1S/C10H7F3N2O2/c1-17-6-2-5(4-14)8(10(11,12)13)7(3-6)9(15)16/h2-3H,1H3,(H2,15,16). The first-order valence-electron chi connectivity index (χ1n) is 4.30. The van der Waals surface area contributed by atoms with Crippen LogP contribution in [0.5, 0.6) is 5.75 Å². The lowest BCUT2D eigenvalue weighted by Crippen LogP contribution is -2.20. The predicted octanol–water partition coefficient (Wildman–Crippen LogP) is 1.68. The number of nitrogens with zero attached hydrogens (tertiary/aromatic N) is 1. The van der Waals surface area contributed by atoms with Crippen LogP contribution in [0.4, 0.5) is 13.2 Å². The van der Waals surface area contributed by atoms with Crippen LogP contribution >= 0.6 is 0 Å². The van der Waals surface area contributed by atoms with Crippen LogP contribution in [0.2, 0.25) is 0 Å². The van der Waals surface area contributed by atoms with Gasteiger partial charge in [0.2, 0.25) is 5.91 Å². The van der Waals surface area contributed by atoms with Gasteiger partial charge >= 0.3 is 6.18 Å². The normalized spacial score (nSPS) is 10.8. The van der Waals surface area contributed by atoms with Gasteiger partial charge in [0.25, 0.3) is 0 Å². The number of ether oxygens (including phenoxy) is 1. The molecule has 17 heavy (non-hydrogen) atoms. The van der Waals surface area contributed by atoms with E-state index in [2.05, 4.69) is 4.74 Å². The van der Waals surface area contributed by atoms with Crippen molar-refractivity contribution in [3.05, 3.63) is 28.8 Å². The smallest absolute Gasteiger partial charge is 0.418 e. The lowest BCUT2D eigenvalue weighted by Gasteiger charge is -2.13. The average molecular weight is 244 g/mol. The van der Waals surface area contributed by atoms with E-state index in [1.165, 1.54) is 13.2 Å². The number of carbonyl (C=O) groups excluding carboxylic acids is 1. The summed E-state index contributed by atoms with van der Waals surface area (Å²) in [6.45, 7) is 0. The van der Waals surface area contributed by atoms with E-state index in [0.717, 1.165) is 12.1 Å². The molecule has 1 rings (SSSR count). The molecule has 0 spiro atoms. The molecule has 1 amide bonds. The third-order valence-electron chi connectivity index (χ3n) is 2.02. The maximum Gasteiger partial charge on any atom is 0.418 e. The first-order valence-corrected chi connectivity index (χ1v) is 4.30. The number of primary amides is 1. The maximum atomic E-state index is 12.7. The van der Waals surface area contributed by atoms with Crippen molar-refractivity contribution < 1.29 is 22.7 Å². The molecule has 4 nitrogen and oxygen atoms in total. The molecule has 1 aromatic carbocycles. The largest absolute Gasteiger partial charge is 0.497 e. The summed E-state index contributed by atoms with van der Waals surface area (Å²) in [5, 5.41) is 8.65. The Bertz CT molecular complexity index is 503. The molecule has 0 aliphatic carbocycles. The zero-order valence-corrected chi connectivity index (χ0v) is 8.63. The van der Waals surface area contributed by atoms with Crippen LogP contribution in [0, 0.1) is 11.3 Å². The second-order valence-electron chi connectivity index (χ2n) is 3.07. The van der Waals surface area contributed by atoms with Crippen LogP contribution in [0.15, 0.2) is 12.1 Å². The van der Waals surface area contributed by atoms with Crippen LogP contribution in [0.1, 0.15) is 21.5 Å². The van der Waals surface area contributed by atoms with Crippen molar-refractivity contribution in [1.82, 2.24) is 0 Å². The molecule has 0 radical (unpaired) electrons. The first-order chi connectivity index (χ1) is 7.81. The Kier molecular flexibility index (Phi) is 3.27. The summed E-state index contributed by atoms with van der Waals surface area (Å²) in [5.41, 5.74) is 2.03. The number of hydrogen-bond donors (Lipinski definition) is 1. The van der Waals surface area contributed by atoms with E-state index < -0.39 is 28.8 Å². The number of nitriles is 1. The molecule has 2 N–H and O–H groups in total. The highest BCUT2D eigenvalue weighted by Crippen LogP contribution is 2.36. The van der Waals surface area contributed by atoms with Gasteiger partial charge in [0, 0.05) is 0 Å². The molecule has 90 valence electrons. The highest BCUT2D eigenvalue weighted by Gasteiger charge is 2.38. The van der Waals surface area contributed by atoms with Crippen LogP contribution in [0.25, 0.3) is 0 Å². The molecular formula is C10H7F3N2O2. The second-order valence-corrected chi connectivity index (χ2v) is 3.07. The Hall–Kier alpha value is -2.23. The molecular weight excluding hydrogens is 237 g/mol. The summed E-state index contributed by atoms with van der Waals surface area (Å²) in [7, 11) is 1.20. The van der Waals surface area contributed by atoms with Crippen molar-refractivity contribution in [2.45, 2.75) is 6.18 Å². The molecule has 0 heterocycles. The molecule has 0 saturated carbocycles. The summed E-state index contributed by atoms with van der Waals surface area (Å²) in [5.74, 6) is -1.31. The summed E-state index contributed by atoms with van der Waals surface area (Å²) in [6.07, 6.45) is -4.83. The van der Waals surface area contributed by atoms with Gasteiger partial charge in [-0.05, 0) is 12.1 Å². The molecule has 0 aliphatic heterocycles. The second kappa shape index (κ2) is 4.33. The Morgan fingerprint density at radius 2 is 2.06 bits per heavy atom. The monoisotopic (exact) mass is 244 g/mol. The van der Waals surface area contributed by atoms with Crippen molar-refractivity contribution in [1.29, 1.82) is 5.26 Å². The number of rotatable bonds is 2. The summed E-state index contributed by atoms with van der Waals surface area (Å²) in [6, 6.07) is 3.12. The van der Waals surface area contributed by atoms with Crippen LogP contribution in [-0.2, 0) is 6.18 Å². The number of methoxy groups -OCH3 is 1. The van der Waals surface area contributed by atoms with Crippen molar-refractivity contribution in [3.63, 3.8) is 0 Å². The highest BCUT2D eigenvalue weighted by molar-refractivity contribution is 5.95. The predicted molar refractivity (Wildman–Crippen MR) is 51.2 cm³/mol. The lowest BCUT2D eigenvalue weighted by atomic mass is 10.00. The third kappa shape index (κ3) is 2.47. The van der Waals surface area contributed by atoms with Gasteiger partial charge < -0.3 is 10.5 Å². The van der Waals surface area contributed by atoms with Gasteiger partial charge in [0.15, 0.2) is 0 Å². The fourth-order valence-corrected chi connectivity index (χ4v) is 1.32. The Labute approximate surface area is 94.4 Å². The van der Waals surface area contributed by atoms with Crippen molar-refractivity contribution in [2.24, 2.45) is 5.73 Å². The zero-order valence-electron chi connectivity index (χ0n) is 8.63. The van der Waals surface area contributed by atoms with Crippen molar-refractivity contribution in [3.8, 4) is 11.8 Å². The number of amides is 1. The van der Waals surface area contributed by atoms with E-state index in [9.17, 15) is 18.0 Å². The van der Waals surface area contributed by atoms with Gasteiger partial charge in [-0.2, -0.15) is 18.4 Å². The van der Waals surface area contributed by atoms with Crippen LogP contribution in [0.3, 0.4) is 0 Å². The SMILES string of the molecule is COc1cc(C#N)c(C(F)(F)F)c(C(N)=O)c1. The Morgan fingerprint density at radius 3 is 2.41 bits per heavy atom. The summed E-state index contributed by atoms with van der Waals surface area (Å²) < 4.78 is 42.8. The molecule has 0 fully saturated rings. The molecule has 0 unspecified atom stereocenters. The van der Waals surface area contributed by atoms with Gasteiger partial charge in [-0.25, -0.2) is 0 Å². The molecule has 1 aromatic rings. The number of halogens is 3. The fraction of sp³-hybridized carbons (Fsp3) is 0.200. The number of alkyl halides is 3. The minimum atomic E-state index is -4.83. The van der Waals surface area contributed by atoms with Crippen molar-refractivity contribution >= 4 is 5.91 Å². The molecule has 0 saturated heterocycles. The fourth-order valence-electron chi connectivity index (χ4n) is 1.32. The van der Waals surface area contributed by atoms with Gasteiger partial charge in [0.05, 0.1) is 29.9 Å². The summed E-state index contributed by atoms with van der Waals surface area (Å²) in [4.78, 5) is 11.0. The van der Waals surface area contributed by atoms with Gasteiger partial charge in [-0.3, -0.25) is 4.79 Å². The number of carbonyl (C=O) groups is 1. The lowest BCUT2D eigenvalue weighted by molar-refractivity contribution is -0.138. The van der Waals surface area contributed by atoms with E-state index in [1.807, 2.05) is 0 Å². The van der Waals surface area contributed by atoms with Crippen molar-refractivity contribution in [2.75, 3.05) is 7.11 Å². The third-order valence-corrected chi connectivity index (χ3v) is 2.02.